The van der Waals surface area contributed by atoms with Gasteiger partial charge in [-0.1, -0.05) is 6.92 Å². The molecule has 0 spiro atoms. The Hall–Kier alpha value is -0.430. The molecule has 0 aliphatic heterocycles. The second-order valence-electron chi connectivity index (χ2n) is 4.05. The first-order valence-corrected chi connectivity index (χ1v) is 8.10. The predicted molar refractivity (Wildman–Crippen MR) is 72.7 cm³/mol. The largest absolute Gasteiger partial charge is 0.316 e. The summed E-state index contributed by atoms with van der Waals surface area (Å²) in [6.07, 6.45) is 0. The van der Waals surface area contributed by atoms with E-state index in [9.17, 15) is 8.42 Å². The van der Waals surface area contributed by atoms with Gasteiger partial charge in [0.25, 0.3) is 0 Å². The van der Waals surface area contributed by atoms with Crippen LogP contribution in [0.2, 0.25) is 0 Å². The molecule has 0 radical (unpaired) electrons. The molecule has 1 heterocycles. The highest BCUT2D eigenvalue weighted by atomic mass is 32.2. The lowest BCUT2D eigenvalue weighted by molar-refractivity contribution is 0.454. The summed E-state index contributed by atoms with van der Waals surface area (Å²) in [5, 5.41) is 6.60. The van der Waals surface area contributed by atoms with Gasteiger partial charge in [0.2, 0.25) is 10.0 Å². The van der Waals surface area contributed by atoms with Gasteiger partial charge in [-0.25, -0.2) is 12.7 Å². The van der Waals surface area contributed by atoms with Crippen LogP contribution < -0.4 is 5.32 Å². The van der Waals surface area contributed by atoms with Gasteiger partial charge in [-0.2, -0.15) is 11.3 Å². The lowest BCUT2D eigenvalue weighted by Gasteiger charge is -2.21. The third-order valence-electron chi connectivity index (χ3n) is 2.61. The number of hydrogen-bond acceptors (Lipinski definition) is 4. The molecule has 0 fully saturated rings. The van der Waals surface area contributed by atoms with Crippen LogP contribution in [0, 0.1) is 0 Å². The normalized spacial score (nSPS) is 14.1. The van der Waals surface area contributed by atoms with Gasteiger partial charge in [0.1, 0.15) is 0 Å². The van der Waals surface area contributed by atoms with Gasteiger partial charge in [-0.05, 0) is 35.9 Å². The van der Waals surface area contributed by atoms with Gasteiger partial charge in [0.15, 0.2) is 0 Å². The van der Waals surface area contributed by atoms with E-state index in [2.05, 4.69) is 5.32 Å². The SMILES string of the molecule is CCNCC(C)S(=O)(=O)N(C)Cc1ccsc1. The van der Waals surface area contributed by atoms with Gasteiger partial charge < -0.3 is 5.32 Å². The van der Waals surface area contributed by atoms with E-state index in [0.29, 0.717) is 13.1 Å². The van der Waals surface area contributed by atoms with Crippen molar-refractivity contribution in [2.75, 3.05) is 20.1 Å². The molecule has 98 valence electrons. The van der Waals surface area contributed by atoms with E-state index in [4.69, 9.17) is 0 Å². The lowest BCUT2D eigenvalue weighted by atomic mass is 10.3. The molecule has 1 rings (SSSR count). The van der Waals surface area contributed by atoms with Crippen molar-refractivity contribution in [3.63, 3.8) is 0 Å². The first-order chi connectivity index (χ1) is 7.98. The molecule has 1 aromatic heterocycles. The van der Waals surface area contributed by atoms with Gasteiger partial charge in [-0.15, -0.1) is 0 Å². The molecule has 1 N–H and O–H groups in total. The first kappa shape index (κ1) is 14.6. The molecule has 0 aromatic carbocycles. The Balaban J connectivity index is 2.63. The maximum absolute atomic E-state index is 12.2. The number of rotatable bonds is 7. The molecule has 0 saturated carbocycles. The maximum Gasteiger partial charge on any atom is 0.218 e. The fraction of sp³-hybridized carbons (Fsp3) is 0.636. The van der Waals surface area contributed by atoms with Crippen molar-refractivity contribution >= 4 is 21.4 Å². The zero-order valence-corrected chi connectivity index (χ0v) is 12.1. The Morgan fingerprint density at radius 2 is 2.24 bits per heavy atom. The van der Waals surface area contributed by atoms with Crippen molar-refractivity contribution in [2.24, 2.45) is 0 Å². The zero-order valence-electron chi connectivity index (χ0n) is 10.5. The van der Waals surface area contributed by atoms with Gasteiger partial charge in [-0.3, -0.25) is 0 Å². The third-order valence-corrected chi connectivity index (χ3v) is 5.52. The van der Waals surface area contributed by atoms with Crippen molar-refractivity contribution in [1.29, 1.82) is 0 Å². The number of thiophene rings is 1. The van der Waals surface area contributed by atoms with Gasteiger partial charge >= 0.3 is 0 Å². The third kappa shape index (κ3) is 4.06. The maximum atomic E-state index is 12.2. The van der Waals surface area contributed by atoms with Crippen LogP contribution in [-0.4, -0.2) is 38.1 Å². The number of sulfonamides is 1. The summed E-state index contributed by atoms with van der Waals surface area (Å²) in [6.45, 7) is 5.43. The minimum atomic E-state index is -3.21. The van der Waals surface area contributed by atoms with E-state index in [0.717, 1.165) is 12.1 Å². The van der Waals surface area contributed by atoms with Crippen LogP contribution in [0.3, 0.4) is 0 Å². The van der Waals surface area contributed by atoms with Crippen molar-refractivity contribution in [1.82, 2.24) is 9.62 Å². The number of nitrogens with zero attached hydrogens (tertiary/aromatic N) is 1. The summed E-state index contributed by atoms with van der Waals surface area (Å²) in [7, 11) is -1.58. The molecular weight excluding hydrogens is 256 g/mol. The highest BCUT2D eigenvalue weighted by molar-refractivity contribution is 7.89. The molecule has 1 aromatic rings. The molecule has 6 heteroatoms. The quantitative estimate of drug-likeness (QED) is 0.821. The second kappa shape index (κ2) is 6.49. The Kier molecular flexibility index (Phi) is 5.58. The second-order valence-corrected chi connectivity index (χ2v) is 7.29. The topological polar surface area (TPSA) is 49.4 Å². The smallest absolute Gasteiger partial charge is 0.218 e. The standard InChI is InChI=1S/C11H20N2O2S2/c1-4-12-7-10(2)17(14,15)13(3)8-11-5-6-16-9-11/h5-6,9-10,12H,4,7-8H2,1-3H3. The fourth-order valence-corrected chi connectivity index (χ4v) is 3.42. The molecule has 0 bridgehead atoms. The fourth-order valence-electron chi connectivity index (χ4n) is 1.49. The molecule has 4 nitrogen and oxygen atoms in total. The predicted octanol–water partition coefficient (Wildman–Crippen LogP) is 1.51. The Bertz CT molecular complexity index is 415. The van der Waals surface area contributed by atoms with E-state index in [-0.39, 0.29) is 0 Å². The number of hydrogen-bond donors (Lipinski definition) is 1. The van der Waals surface area contributed by atoms with Gasteiger partial charge in [0, 0.05) is 20.1 Å². The molecule has 17 heavy (non-hydrogen) atoms. The molecule has 0 aliphatic carbocycles. The highest BCUT2D eigenvalue weighted by Gasteiger charge is 2.25. The monoisotopic (exact) mass is 276 g/mol. The summed E-state index contributed by atoms with van der Waals surface area (Å²) in [4.78, 5) is 0. The van der Waals surface area contributed by atoms with Crippen LogP contribution in [0.5, 0.6) is 0 Å². The summed E-state index contributed by atoms with van der Waals surface area (Å²) >= 11 is 1.58. The minimum Gasteiger partial charge on any atom is -0.316 e. The summed E-state index contributed by atoms with van der Waals surface area (Å²) in [5.41, 5.74) is 1.04. The summed E-state index contributed by atoms with van der Waals surface area (Å²) < 4.78 is 25.7. The molecule has 1 atom stereocenters. The van der Waals surface area contributed by atoms with E-state index in [1.54, 1.807) is 25.3 Å². The molecule has 0 saturated heterocycles. The van der Waals surface area contributed by atoms with Crippen LogP contribution >= 0.6 is 11.3 Å². The zero-order chi connectivity index (χ0) is 12.9. The first-order valence-electron chi connectivity index (χ1n) is 5.65. The molecule has 0 amide bonds. The minimum absolute atomic E-state index is 0.397. The van der Waals surface area contributed by atoms with E-state index in [1.807, 2.05) is 23.8 Å². The van der Waals surface area contributed by atoms with Crippen molar-refractivity contribution in [2.45, 2.75) is 25.6 Å². The van der Waals surface area contributed by atoms with Crippen molar-refractivity contribution < 1.29 is 8.42 Å². The lowest BCUT2D eigenvalue weighted by Crippen LogP contribution is -2.39. The Morgan fingerprint density at radius 1 is 1.53 bits per heavy atom. The molecule has 0 aliphatic rings. The van der Waals surface area contributed by atoms with E-state index < -0.39 is 15.3 Å². The highest BCUT2D eigenvalue weighted by Crippen LogP contribution is 2.13. The van der Waals surface area contributed by atoms with Crippen LogP contribution in [0.25, 0.3) is 0 Å². The molecular formula is C11H20N2O2S2. The average Bonchev–Trinajstić information content (AvgIpc) is 2.78. The summed E-state index contributed by atoms with van der Waals surface area (Å²) in [5.74, 6) is 0. The van der Waals surface area contributed by atoms with E-state index >= 15 is 0 Å². The van der Waals surface area contributed by atoms with Crippen molar-refractivity contribution in [3.05, 3.63) is 22.4 Å². The van der Waals surface area contributed by atoms with Gasteiger partial charge in [0.05, 0.1) is 5.25 Å². The average molecular weight is 276 g/mol. The number of nitrogens with one attached hydrogen (secondary N) is 1. The van der Waals surface area contributed by atoms with Crippen molar-refractivity contribution in [3.8, 4) is 0 Å². The van der Waals surface area contributed by atoms with Crippen LogP contribution in [0.15, 0.2) is 16.8 Å². The summed E-state index contributed by atoms with van der Waals surface area (Å²) in [6, 6.07) is 1.95. The van der Waals surface area contributed by atoms with Crippen LogP contribution in [0.4, 0.5) is 0 Å². The Labute approximate surface area is 108 Å². The molecule has 1 unspecified atom stereocenters. The van der Waals surface area contributed by atoms with Crippen LogP contribution in [0.1, 0.15) is 19.4 Å². The van der Waals surface area contributed by atoms with Crippen LogP contribution in [-0.2, 0) is 16.6 Å². The van der Waals surface area contributed by atoms with E-state index in [1.165, 1.54) is 4.31 Å². The Morgan fingerprint density at radius 3 is 2.76 bits per heavy atom.